The van der Waals surface area contributed by atoms with E-state index in [1.165, 1.54) is 16.7 Å². The number of aromatic nitrogens is 1. The number of hydrogen-bond acceptors (Lipinski definition) is 9. The van der Waals surface area contributed by atoms with E-state index in [0.29, 0.717) is 37.9 Å². The van der Waals surface area contributed by atoms with E-state index in [0.717, 1.165) is 26.9 Å². The summed E-state index contributed by atoms with van der Waals surface area (Å²) in [5, 5.41) is 11.4. The van der Waals surface area contributed by atoms with Gasteiger partial charge in [-0.25, -0.2) is 9.79 Å². The SMILES string of the molecule is CCOC(=O)C1=C(C)N=c2s/c(=C\c3ccc(-c4ccc(Br)cc4)o3)c(=O)n2[C@@H]1c1ccc(-c2cc([N+](=O)[O-])ccc2C)o1. The monoisotopic (exact) mass is 673 g/mol. The van der Waals surface area contributed by atoms with Crippen molar-refractivity contribution in [2.45, 2.75) is 26.8 Å². The normalized spacial score (nSPS) is 14.8. The fourth-order valence-corrected chi connectivity index (χ4v) is 6.31. The first-order chi connectivity index (χ1) is 21.1. The number of rotatable bonds is 7. The van der Waals surface area contributed by atoms with Crippen LogP contribution < -0.4 is 14.9 Å². The van der Waals surface area contributed by atoms with Crippen molar-refractivity contribution in [2.24, 2.45) is 4.99 Å². The van der Waals surface area contributed by atoms with Gasteiger partial charge in [0.2, 0.25) is 0 Å². The third kappa shape index (κ3) is 5.38. The standard InChI is InChI=1S/C32H24BrN3O7S/c1-4-41-31(38)28-18(3)34-32-35(29(28)26-14-13-25(43-26)23-15-21(36(39)40)10-5-17(23)2)30(37)27(44-32)16-22-11-12-24(42-22)19-6-8-20(33)9-7-19/h5-16,29H,4H2,1-3H3/b27-16-/t29-/m1/s1. The maximum Gasteiger partial charge on any atom is 0.338 e. The van der Waals surface area contributed by atoms with Gasteiger partial charge in [-0.2, -0.15) is 0 Å². The molecule has 0 fully saturated rings. The Balaban J connectivity index is 1.47. The van der Waals surface area contributed by atoms with E-state index in [2.05, 4.69) is 20.9 Å². The molecule has 0 amide bonds. The third-order valence-corrected chi connectivity index (χ3v) is 8.65. The first kappa shape index (κ1) is 29.3. The number of benzene rings is 2. The van der Waals surface area contributed by atoms with E-state index in [9.17, 15) is 19.7 Å². The molecule has 4 heterocycles. The molecule has 2 aromatic carbocycles. The minimum absolute atomic E-state index is 0.0827. The number of nitro benzene ring substituents is 1. The van der Waals surface area contributed by atoms with Crippen LogP contribution in [0, 0.1) is 17.0 Å². The number of thiazole rings is 1. The second-order valence-corrected chi connectivity index (χ2v) is 11.9. The highest BCUT2D eigenvalue weighted by atomic mass is 79.9. The van der Waals surface area contributed by atoms with E-state index in [1.54, 1.807) is 44.2 Å². The van der Waals surface area contributed by atoms with Gasteiger partial charge in [-0.05, 0) is 62.7 Å². The lowest BCUT2D eigenvalue weighted by Gasteiger charge is -2.22. The van der Waals surface area contributed by atoms with Crippen molar-refractivity contribution in [3.05, 3.63) is 129 Å². The number of carbonyl (C=O) groups excluding carboxylic acids is 1. The van der Waals surface area contributed by atoms with Crippen molar-refractivity contribution in [1.29, 1.82) is 0 Å². The smallest absolute Gasteiger partial charge is 0.338 e. The second kappa shape index (κ2) is 11.7. The molecule has 0 aliphatic carbocycles. The van der Waals surface area contributed by atoms with Crippen LogP contribution >= 0.6 is 27.3 Å². The number of fused-ring (bicyclic) bond motifs is 1. The molecule has 10 nitrogen and oxygen atoms in total. The van der Waals surface area contributed by atoms with Crippen LogP contribution in [0.5, 0.6) is 0 Å². The number of halogens is 1. The van der Waals surface area contributed by atoms with Gasteiger partial charge in [0.05, 0.1) is 27.3 Å². The number of esters is 1. The lowest BCUT2D eigenvalue weighted by Crippen LogP contribution is -2.39. The Bertz CT molecular complexity index is 2150. The number of nitro groups is 1. The molecule has 0 spiro atoms. The average molecular weight is 675 g/mol. The zero-order valence-corrected chi connectivity index (χ0v) is 26.1. The van der Waals surface area contributed by atoms with Crippen LogP contribution in [0.15, 0.2) is 101 Å². The van der Waals surface area contributed by atoms with E-state index in [1.807, 2.05) is 37.3 Å². The summed E-state index contributed by atoms with van der Waals surface area (Å²) in [6.07, 6.45) is 1.65. The fourth-order valence-electron chi connectivity index (χ4n) is 5.02. The average Bonchev–Trinajstić information content (AvgIpc) is 3.73. The molecular weight excluding hydrogens is 650 g/mol. The van der Waals surface area contributed by atoms with Crippen LogP contribution in [0.4, 0.5) is 5.69 Å². The van der Waals surface area contributed by atoms with Crippen LogP contribution in [-0.2, 0) is 9.53 Å². The molecule has 0 bridgehead atoms. The van der Waals surface area contributed by atoms with Crippen molar-refractivity contribution in [1.82, 2.24) is 4.57 Å². The van der Waals surface area contributed by atoms with Gasteiger partial charge in [-0.15, -0.1) is 0 Å². The van der Waals surface area contributed by atoms with Crippen molar-refractivity contribution in [3.8, 4) is 22.6 Å². The third-order valence-electron chi connectivity index (χ3n) is 7.14. The molecule has 3 aromatic heterocycles. The molecule has 0 unspecified atom stereocenters. The first-order valence-corrected chi connectivity index (χ1v) is 15.2. The minimum Gasteiger partial charge on any atom is -0.463 e. The number of carbonyl (C=O) groups is 1. The van der Waals surface area contributed by atoms with Gasteiger partial charge in [0.25, 0.3) is 11.2 Å². The lowest BCUT2D eigenvalue weighted by molar-refractivity contribution is -0.384. The molecule has 5 aromatic rings. The van der Waals surface area contributed by atoms with Gasteiger partial charge in [-0.3, -0.25) is 19.5 Å². The van der Waals surface area contributed by atoms with Gasteiger partial charge in [0, 0.05) is 33.8 Å². The quantitative estimate of drug-likeness (QED) is 0.113. The number of aryl methyl sites for hydroxylation is 1. The van der Waals surface area contributed by atoms with Crippen molar-refractivity contribution < 1.29 is 23.3 Å². The van der Waals surface area contributed by atoms with Crippen LogP contribution in [0.3, 0.4) is 0 Å². The molecule has 1 atom stereocenters. The maximum atomic E-state index is 13.9. The number of furan rings is 2. The summed E-state index contributed by atoms with van der Waals surface area (Å²) >= 11 is 4.59. The summed E-state index contributed by atoms with van der Waals surface area (Å²) in [4.78, 5) is 43.1. The predicted molar refractivity (Wildman–Crippen MR) is 168 cm³/mol. The predicted octanol–water partition coefficient (Wildman–Crippen LogP) is 6.30. The molecule has 0 N–H and O–H groups in total. The maximum absolute atomic E-state index is 13.9. The Labute approximate surface area is 262 Å². The van der Waals surface area contributed by atoms with Gasteiger partial charge in [0.1, 0.15) is 29.1 Å². The lowest BCUT2D eigenvalue weighted by atomic mass is 10.0. The highest BCUT2D eigenvalue weighted by Crippen LogP contribution is 2.36. The molecule has 222 valence electrons. The Hall–Kier alpha value is -4.81. The van der Waals surface area contributed by atoms with Gasteiger partial charge < -0.3 is 13.6 Å². The van der Waals surface area contributed by atoms with Crippen LogP contribution in [-0.4, -0.2) is 22.1 Å². The van der Waals surface area contributed by atoms with Crippen molar-refractivity contribution in [2.75, 3.05) is 6.61 Å². The van der Waals surface area contributed by atoms with E-state index in [-0.39, 0.29) is 29.2 Å². The molecule has 12 heteroatoms. The van der Waals surface area contributed by atoms with Crippen LogP contribution in [0.2, 0.25) is 0 Å². The van der Waals surface area contributed by atoms with Gasteiger partial charge >= 0.3 is 5.97 Å². The van der Waals surface area contributed by atoms with Crippen molar-refractivity contribution in [3.63, 3.8) is 0 Å². The zero-order chi connectivity index (χ0) is 31.1. The van der Waals surface area contributed by atoms with Crippen LogP contribution in [0.1, 0.15) is 37.0 Å². The van der Waals surface area contributed by atoms with E-state index in [4.69, 9.17) is 13.6 Å². The fraction of sp³-hybridized carbons (Fsp3) is 0.156. The number of ether oxygens (including phenoxy) is 1. The van der Waals surface area contributed by atoms with Crippen molar-refractivity contribution >= 4 is 45.0 Å². The summed E-state index contributed by atoms with van der Waals surface area (Å²) in [6, 6.07) is 18.1. The van der Waals surface area contributed by atoms with Crippen LogP contribution in [0.25, 0.3) is 28.7 Å². The summed E-state index contributed by atoms with van der Waals surface area (Å²) in [5.74, 6) is 1.15. The number of nitrogens with zero attached hydrogens (tertiary/aromatic N) is 3. The molecule has 0 saturated carbocycles. The first-order valence-electron chi connectivity index (χ1n) is 13.5. The summed E-state index contributed by atoms with van der Waals surface area (Å²) in [7, 11) is 0. The van der Waals surface area contributed by atoms with E-state index >= 15 is 0 Å². The van der Waals surface area contributed by atoms with E-state index < -0.39 is 16.9 Å². The Morgan fingerprint density at radius 3 is 2.57 bits per heavy atom. The Kier molecular flexibility index (Phi) is 7.78. The number of hydrogen-bond donors (Lipinski definition) is 0. The molecular formula is C32H24BrN3O7S. The second-order valence-electron chi connectivity index (χ2n) is 9.97. The largest absolute Gasteiger partial charge is 0.463 e. The highest BCUT2D eigenvalue weighted by Gasteiger charge is 2.35. The topological polar surface area (TPSA) is 130 Å². The summed E-state index contributed by atoms with van der Waals surface area (Å²) in [5.41, 5.74) is 2.25. The van der Waals surface area contributed by atoms with Gasteiger partial charge in [-0.1, -0.05) is 45.5 Å². The molecule has 6 rings (SSSR count). The zero-order valence-electron chi connectivity index (χ0n) is 23.7. The minimum atomic E-state index is -0.977. The van der Waals surface area contributed by atoms with Gasteiger partial charge in [0.15, 0.2) is 4.80 Å². The number of allylic oxidation sites excluding steroid dienone is 1. The molecule has 1 aliphatic rings. The Morgan fingerprint density at radius 2 is 1.84 bits per heavy atom. The molecule has 44 heavy (non-hydrogen) atoms. The summed E-state index contributed by atoms with van der Waals surface area (Å²) < 4.78 is 20.3. The molecule has 0 saturated heterocycles. The Morgan fingerprint density at radius 1 is 1.09 bits per heavy atom. The number of non-ortho nitro benzene ring substituents is 1. The summed E-state index contributed by atoms with van der Waals surface area (Å²) in [6.45, 7) is 5.32. The molecule has 0 radical (unpaired) electrons. The molecule has 1 aliphatic heterocycles. The highest BCUT2D eigenvalue weighted by molar-refractivity contribution is 9.10.